The lowest BCUT2D eigenvalue weighted by atomic mass is 9.48. The van der Waals surface area contributed by atoms with Gasteiger partial charge in [-0.15, -0.1) is 0 Å². The van der Waals surface area contributed by atoms with Crippen LogP contribution >= 0.6 is 0 Å². The number of aryl methyl sites for hydroxylation is 1. The number of carbonyl (C=O) groups is 3. The van der Waals surface area contributed by atoms with Gasteiger partial charge in [0.1, 0.15) is 34.7 Å². The van der Waals surface area contributed by atoms with Crippen molar-refractivity contribution in [3.05, 3.63) is 69.1 Å². The number of methoxy groups -OCH3 is 1. The van der Waals surface area contributed by atoms with Crippen molar-refractivity contribution in [1.29, 1.82) is 0 Å². The fourth-order valence-corrected chi connectivity index (χ4v) is 14.8. The highest BCUT2D eigenvalue weighted by molar-refractivity contribution is 6.11. The van der Waals surface area contributed by atoms with Gasteiger partial charge in [-0.25, -0.2) is 4.79 Å². The van der Waals surface area contributed by atoms with Crippen LogP contribution in [-0.4, -0.2) is 132 Å². The summed E-state index contributed by atoms with van der Waals surface area (Å²) >= 11 is 0. The topological polar surface area (TPSA) is 218 Å². The third kappa shape index (κ3) is 8.64. The zero-order chi connectivity index (χ0) is 49.6. The molecule has 8 unspecified atom stereocenters. The second-order valence-corrected chi connectivity index (χ2v) is 21.6. The number of hydrogen-bond donors (Lipinski definition) is 6. The van der Waals surface area contributed by atoms with Gasteiger partial charge in [-0.3, -0.25) is 9.59 Å². The minimum Gasteiger partial charge on any atom is -0.492 e. The number of Topliss-reactive ketones (excluding diaryl/α,β-unsaturated/α-hetero) is 1. The van der Waals surface area contributed by atoms with Crippen LogP contribution in [0.15, 0.2) is 41.3 Å². The molecule has 0 radical (unpaired) electrons. The number of likely N-dealkylation sites (tertiary alicyclic amines) is 1. The molecule has 4 aliphatic heterocycles. The number of aromatic nitrogens is 1. The maximum absolute atomic E-state index is 14.6. The number of piperidine rings is 1. The second kappa shape index (κ2) is 20.7. The van der Waals surface area contributed by atoms with Crippen LogP contribution in [0, 0.1) is 35.0 Å². The van der Waals surface area contributed by atoms with E-state index in [1.165, 1.54) is 0 Å². The van der Waals surface area contributed by atoms with Gasteiger partial charge in [0.2, 0.25) is 5.76 Å². The number of aldehydes is 1. The molecule has 8 atom stereocenters. The number of hydrogen-bond acceptors (Lipinski definition) is 14. The molecule has 2 aromatic carbocycles. The zero-order valence-corrected chi connectivity index (χ0v) is 41.3. The van der Waals surface area contributed by atoms with Gasteiger partial charge < -0.3 is 59.1 Å². The van der Waals surface area contributed by atoms with Gasteiger partial charge in [0.05, 0.1) is 43.1 Å². The minimum atomic E-state index is -1.37. The smallest absolute Gasteiger partial charge is 0.375 e. The highest BCUT2D eigenvalue weighted by Crippen LogP contribution is 2.65. The van der Waals surface area contributed by atoms with Gasteiger partial charge in [-0.1, -0.05) is 18.4 Å². The molecule has 3 aromatic rings. The number of ketones is 1. The van der Waals surface area contributed by atoms with Crippen molar-refractivity contribution in [2.45, 2.75) is 121 Å². The molecule has 384 valence electrons. The molecule has 1 spiro atoms. The number of aliphatic hydroxyl groups is 5. The van der Waals surface area contributed by atoms with Crippen LogP contribution < -0.4 is 14.2 Å². The summed E-state index contributed by atoms with van der Waals surface area (Å²) in [6.07, 6.45) is 10.9. The molecule has 1 saturated heterocycles. The molecule has 15 heteroatoms. The van der Waals surface area contributed by atoms with E-state index in [4.69, 9.17) is 23.7 Å². The lowest BCUT2D eigenvalue weighted by molar-refractivity contribution is -0.226. The van der Waals surface area contributed by atoms with E-state index in [2.05, 4.69) is 9.88 Å². The molecule has 6 N–H and O–H groups in total. The van der Waals surface area contributed by atoms with Crippen molar-refractivity contribution in [2.75, 3.05) is 66.4 Å². The van der Waals surface area contributed by atoms with Crippen molar-refractivity contribution < 1.29 is 63.6 Å². The number of aromatic amines is 1. The van der Waals surface area contributed by atoms with Crippen LogP contribution in [0.3, 0.4) is 0 Å². The maximum atomic E-state index is 14.6. The first-order valence-corrected chi connectivity index (χ1v) is 26.3. The second-order valence-electron chi connectivity index (χ2n) is 21.6. The lowest BCUT2D eigenvalue weighted by Gasteiger charge is -2.61. The highest BCUT2D eigenvalue weighted by atomic mass is 16.6. The third-order valence-electron chi connectivity index (χ3n) is 17.9. The Morgan fingerprint density at radius 2 is 1.86 bits per heavy atom. The number of nitrogens with zero attached hydrogens (tertiary/aromatic N) is 1. The molecular weight excluding hydrogens is 909 g/mol. The Hall–Kier alpha value is -4.61. The van der Waals surface area contributed by atoms with E-state index in [9.17, 15) is 39.9 Å². The Morgan fingerprint density at radius 1 is 1.03 bits per heavy atom. The molecule has 10 rings (SSSR count). The van der Waals surface area contributed by atoms with E-state index in [0.29, 0.717) is 66.6 Å². The van der Waals surface area contributed by atoms with Crippen LogP contribution in [-0.2, 0) is 43.3 Å². The number of fused-ring (bicyclic) bond motifs is 8. The Morgan fingerprint density at radius 3 is 2.59 bits per heavy atom. The number of rotatable bonds is 14. The molecule has 2 bridgehead atoms. The monoisotopic (exact) mass is 981 g/mol. The number of aliphatic hydroxyl groups excluding tert-OH is 4. The van der Waals surface area contributed by atoms with Crippen LogP contribution in [0.25, 0.3) is 16.5 Å². The van der Waals surface area contributed by atoms with Gasteiger partial charge in [0.15, 0.2) is 6.29 Å². The van der Waals surface area contributed by atoms with Crippen molar-refractivity contribution in [2.24, 2.45) is 35.0 Å². The number of ether oxygens (including phenoxy) is 5. The summed E-state index contributed by atoms with van der Waals surface area (Å²) in [5.41, 5.74) is 3.00. The van der Waals surface area contributed by atoms with Gasteiger partial charge in [0, 0.05) is 87.0 Å². The van der Waals surface area contributed by atoms with E-state index < -0.39 is 48.6 Å². The third-order valence-corrected chi connectivity index (χ3v) is 17.9. The summed E-state index contributed by atoms with van der Waals surface area (Å²) in [7, 11) is 1.73. The van der Waals surface area contributed by atoms with Gasteiger partial charge in [0.25, 0.3) is 0 Å². The Balaban J connectivity index is 1.18. The van der Waals surface area contributed by atoms with Gasteiger partial charge in [-0.05, 0) is 142 Å². The van der Waals surface area contributed by atoms with Gasteiger partial charge >= 0.3 is 5.97 Å². The van der Waals surface area contributed by atoms with E-state index in [1.807, 2.05) is 24.4 Å². The van der Waals surface area contributed by atoms with Crippen molar-refractivity contribution in [1.82, 2.24) is 9.88 Å². The van der Waals surface area contributed by atoms with Crippen molar-refractivity contribution in [3.63, 3.8) is 0 Å². The molecule has 1 aromatic heterocycles. The largest absolute Gasteiger partial charge is 0.492 e. The molecule has 4 fully saturated rings. The summed E-state index contributed by atoms with van der Waals surface area (Å²) in [5.74, 6) is -2.95. The molecule has 3 aliphatic carbocycles. The first kappa shape index (κ1) is 49.9. The summed E-state index contributed by atoms with van der Waals surface area (Å²) in [6.45, 7) is 3.61. The standard InChI is InChI=1S/C56H72N2O13/c1-3-68-54(65)53-41(29-62)47-35-20-36(28-61)49(64)39(22-35)38-21-34-11-15-57-44(34)23-33(38)10-9-32(27-60)31-69-51-40-24-46(70-50(40)42(30-63)52(71-53)48(47)51)56(66)43-12-17-58(16-7-19-67-2)26-37(43)25-55(13-4-5-14-55)45(56)8-6-18-59/h11,15,21,23,29,32,36-37,39,43,45-46,57,59-61,63,66H,3-10,12-14,16-20,22,24-28,30-31H2,1-2H3. The molecule has 15 nitrogen and oxygen atoms in total. The van der Waals surface area contributed by atoms with E-state index >= 15 is 0 Å². The van der Waals surface area contributed by atoms with Crippen LogP contribution in [0.4, 0.5) is 0 Å². The van der Waals surface area contributed by atoms with Crippen molar-refractivity contribution in [3.8, 4) is 17.2 Å². The predicted molar refractivity (Wildman–Crippen MR) is 263 cm³/mol. The quantitative estimate of drug-likeness (QED) is 0.0633. The number of benzene rings is 2. The molecule has 5 heterocycles. The summed E-state index contributed by atoms with van der Waals surface area (Å²) in [4.78, 5) is 48.3. The van der Waals surface area contributed by atoms with E-state index in [0.717, 1.165) is 86.6 Å². The van der Waals surface area contributed by atoms with Crippen molar-refractivity contribution >= 4 is 34.5 Å². The number of allylic oxidation sites excluding steroid dienone is 3. The van der Waals surface area contributed by atoms with E-state index in [-0.39, 0.29) is 103 Å². The minimum absolute atomic E-state index is 0.00421. The number of nitrogens with one attached hydrogen (secondary N) is 1. The lowest BCUT2D eigenvalue weighted by Crippen LogP contribution is -2.68. The molecular formula is C56H72N2O13. The maximum Gasteiger partial charge on any atom is 0.375 e. The summed E-state index contributed by atoms with van der Waals surface area (Å²) in [5, 5.41) is 59.1. The van der Waals surface area contributed by atoms with Crippen LogP contribution in [0.2, 0.25) is 0 Å². The Bertz CT molecular complexity index is 2580. The van der Waals surface area contributed by atoms with Crippen LogP contribution in [0.1, 0.15) is 118 Å². The van der Waals surface area contributed by atoms with E-state index in [1.54, 1.807) is 14.0 Å². The fraction of sp³-hybridized carbons (Fsp3) is 0.625. The Kier molecular flexibility index (Phi) is 14.6. The highest BCUT2D eigenvalue weighted by Gasteiger charge is 2.65. The zero-order valence-electron chi connectivity index (χ0n) is 41.3. The normalized spacial score (nSPS) is 29.2. The summed E-state index contributed by atoms with van der Waals surface area (Å²) in [6, 6.07) is 6.01. The number of esters is 1. The number of H-pyrrole nitrogens is 1. The van der Waals surface area contributed by atoms with Crippen LogP contribution in [0.5, 0.6) is 17.2 Å². The average Bonchev–Trinajstić information content (AvgIpc) is 4.16. The predicted octanol–water partition coefficient (Wildman–Crippen LogP) is 5.87. The fourth-order valence-electron chi connectivity index (χ4n) is 14.8. The molecule has 7 aliphatic rings. The number of carbonyl (C=O) groups excluding carboxylic acids is 3. The average molecular weight is 981 g/mol. The summed E-state index contributed by atoms with van der Waals surface area (Å²) < 4.78 is 31.8. The van der Waals surface area contributed by atoms with Gasteiger partial charge in [-0.2, -0.15) is 0 Å². The molecule has 0 amide bonds. The Labute approximate surface area is 415 Å². The molecule has 71 heavy (non-hydrogen) atoms. The first-order chi connectivity index (χ1) is 34.6. The SMILES string of the molecule is CCOC(=O)C1=C(C=O)C2=C3CC(CO)C(=O)C(C3)c3cc4cc[nH]c4cc3CCC(CO)COc3c4c(c(CO)c(c32)O1)OC(C1(O)C2CCN(CCCOC)CC2CC2(CCCC2)C1CCCO)C4. The molecule has 3 saturated carbocycles. The first-order valence-electron chi connectivity index (χ1n) is 26.3.